The minimum absolute atomic E-state index is 0.0852. The third kappa shape index (κ3) is 3.35. The van der Waals surface area contributed by atoms with Crippen molar-refractivity contribution >= 4 is 35.2 Å². The van der Waals surface area contributed by atoms with Gasteiger partial charge in [0.2, 0.25) is 5.95 Å². The third-order valence-corrected chi connectivity index (χ3v) is 6.91. The van der Waals surface area contributed by atoms with E-state index in [2.05, 4.69) is 48.6 Å². The molecule has 1 saturated heterocycles. The fourth-order valence-corrected chi connectivity index (χ4v) is 5.25. The highest BCUT2D eigenvalue weighted by Gasteiger charge is 2.46. The van der Waals surface area contributed by atoms with E-state index in [4.69, 9.17) is 9.98 Å². The Bertz CT molecular complexity index is 1020. The number of nitrogens with one attached hydrogen (secondary N) is 2. The molecular formula is C23H28N8. The van der Waals surface area contributed by atoms with E-state index in [1.54, 1.807) is 0 Å². The van der Waals surface area contributed by atoms with E-state index in [0.29, 0.717) is 5.95 Å². The molecule has 1 spiro atoms. The molecule has 160 valence electrons. The number of pyridine rings is 1. The summed E-state index contributed by atoms with van der Waals surface area (Å²) >= 11 is 0. The molecule has 2 fully saturated rings. The van der Waals surface area contributed by atoms with E-state index in [9.17, 15) is 0 Å². The number of nitrogens with zero attached hydrogens (tertiary/aromatic N) is 6. The van der Waals surface area contributed by atoms with Crippen molar-refractivity contribution in [2.45, 2.75) is 37.6 Å². The van der Waals surface area contributed by atoms with Crippen molar-refractivity contribution in [3.63, 3.8) is 0 Å². The summed E-state index contributed by atoms with van der Waals surface area (Å²) in [6, 6.07) is 4.12. The quantitative estimate of drug-likeness (QED) is 0.796. The molecule has 8 nitrogen and oxygen atoms in total. The monoisotopic (exact) mass is 416 g/mol. The molecule has 4 aliphatic rings. The van der Waals surface area contributed by atoms with Crippen LogP contribution in [0, 0.1) is 0 Å². The highest BCUT2D eigenvalue weighted by molar-refractivity contribution is 6.13. The topological polar surface area (TPSA) is 81.6 Å². The van der Waals surface area contributed by atoms with Gasteiger partial charge in [-0.05, 0) is 37.1 Å². The first-order valence-corrected chi connectivity index (χ1v) is 11.4. The zero-order valence-corrected chi connectivity index (χ0v) is 17.7. The number of fused-ring (bicyclic) bond motifs is 4. The van der Waals surface area contributed by atoms with Gasteiger partial charge in [0.25, 0.3) is 0 Å². The normalized spacial score (nSPS) is 21.6. The van der Waals surface area contributed by atoms with Crippen molar-refractivity contribution in [2.75, 3.05) is 47.8 Å². The largest absolute Gasteiger partial charge is 0.368 e. The van der Waals surface area contributed by atoms with Gasteiger partial charge in [0.1, 0.15) is 17.5 Å². The van der Waals surface area contributed by atoms with Gasteiger partial charge in [0.15, 0.2) is 0 Å². The summed E-state index contributed by atoms with van der Waals surface area (Å²) in [6.45, 7) is 4.92. The molecule has 1 aliphatic carbocycles. The van der Waals surface area contributed by atoms with E-state index in [1.165, 1.54) is 32.1 Å². The van der Waals surface area contributed by atoms with Crippen molar-refractivity contribution in [3.05, 3.63) is 36.2 Å². The van der Waals surface area contributed by atoms with Crippen LogP contribution in [0.25, 0.3) is 6.08 Å². The maximum atomic E-state index is 4.93. The number of rotatable bonds is 3. The Balaban J connectivity index is 1.25. The van der Waals surface area contributed by atoms with Crippen LogP contribution in [0.4, 0.5) is 23.3 Å². The number of hydrogen-bond acceptors (Lipinski definition) is 8. The first kappa shape index (κ1) is 18.7. The maximum absolute atomic E-state index is 4.93. The Labute approximate surface area is 182 Å². The molecule has 8 heteroatoms. The van der Waals surface area contributed by atoms with Gasteiger partial charge in [-0.15, -0.1) is 0 Å². The second-order valence-corrected chi connectivity index (χ2v) is 8.86. The molecule has 2 N–H and O–H groups in total. The van der Waals surface area contributed by atoms with E-state index in [0.717, 1.165) is 61.4 Å². The number of piperazine rings is 1. The molecule has 1 saturated carbocycles. The molecule has 0 aromatic carbocycles. The van der Waals surface area contributed by atoms with Crippen LogP contribution in [0.3, 0.4) is 0 Å². The van der Waals surface area contributed by atoms with Crippen molar-refractivity contribution in [3.8, 4) is 0 Å². The lowest BCUT2D eigenvalue weighted by atomic mass is 9.80. The lowest BCUT2D eigenvalue weighted by molar-refractivity contribution is 0.316. The molecule has 0 atom stereocenters. The molecule has 0 amide bonds. The zero-order chi connectivity index (χ0) is 20.7. The van der Waals surface area contributed by atoms with Crippen LogP contribution in [0.2, 0.25) is 0 Å². The molecule has 6 rings (SSSR count). The minimum atomic E-state index is 0.0852. The van der Waals surface area contributed by atoms with Gasteiger partial charge in [0.05, 0.1) is 24.0 Å². The number of aromatic nitrogens is 3. The summed E-state index contributed by atoms with van der Waals surface area (Å²) in [5.41, 5.74) is 2.29. The van der Waals surface area contributed by atoms with E-state index in [1.807, 2.05) is 18.5 Å². The van der Waals surface area contributed by atoms with E-state index >= 15 is 0 Å². The zero-order valence-electron chi connectivity index (χ0n) is 17.7. The Morgan fingerprint density at radius 3 is 2.65 bits per heavy atom. The van der Waals surface area contributed by atoms with Crippen LogP contribution in [-0.2, 0) is 0 Å². The molecule has 31 heavy (non-hydrogen) atoms. The standard InChI is InChI=1S/C23H28N8/c1-2-8-23(9-3-1)16-27-20-7-4-17-14-26-22(29-21(17)31(20)23)28-19-6-5-18(15-25-19)30-12-10-24-11-13-30/h4-7,14-15,24H,1-3,8-13,16H2,(H,25,26,28,29). The second kappa shape index (κ2) is 7.60. The molecule has 0 radical (unpaired) electrons. The lowest BCUT2D eigenvalue weighted by Crippen LogP contribution is -2.52. The van der Waals surface area contributed by atoms with Crippen LogP contribution < -0.4 is 20.4 Å². The van der Waals surface area contributed by atoms with E-state index in [-0.39, 0.29) is 5.54 Å². The summed E-state index contributed by atoms with van der Waals surface area (Å²) < 4.78 is 0. The third-order valence-electron chi connectivity index (χ3n) is 6.91. The predicted octanol–water partition coefficient (Wildman–Crippen LogP) is 2.97. The van der Waals surface area contributed by atoms with Crippen molar-refractivity contribution < 1.29 is 0 Å². The van der Waals surface area contributed by atoms with Crippen molar-refractivity contribution in [1.82, 2.24) is 20.3 Å². The molecule has 3 aliphatic heterocycles. The summed E-state index contributed by atoms with van der Waals surface area (Å²) in [5, 5.41) is 6.68. The van der Waals surface area contributed by atoms with Gasteiger partial charge in [-0.3, -0.25) is 4.99 Å². The SMILES string of the molecule is C1=Cc2cnc(Nc3ccc(N4CCNCC4)cn3)nc2N2C1=NCC21CCCCC1. The van der Waals surface area contributed by atoms with Gasteiger partial charge in [-0.2, -0.15) is 4.98 Å². The Morgan fingerprint density at radius 1 is 0.968 bits per heavy atom. The summed E-state index contributed by atoms with van der Waals surface area (Å²) in [5.74, 6) is 3.34. The predicted molar refractivity (Wildman–Crippen MR) is 124 cm³/mol. The smallest absolute Gasteiger partial charge is 0.230 e. The van der Waals surface area contributed by atoms with Crippen LogP contribution in [-0.4, -0.2) is 59.1 Å². The lowest BCUT2D eigenvalue weighted by Gasteiger charge is -2.43. The molecular weight excluding hydrogens is 388 g/mol. The first-order valence-electron chi connectivity index (χ1n) is 11.4. The summed E-state index contributed by atoms with van der Waals surface area (Å²) in [6.07, 6.45) is 14.2. The Morgan fingerprint density at radius 2 is 1.84 bits per heavy atom. The first-order chi connectivity index (χ1) is 15.3. The van der Waals surface area contributed by atoms with Gasteiger partial charge in [-0.1, -0.05) is 19.3 Å². The number of anilines is 4. The van der Waals surface area contributed by atoms with Crippen LogP contribution in [0.15, 0.2) is 35.6 Å². The van der Waals surface area contributed by atoms with Gasteiger partial charge in [0, 0.05) is 37.9 Å². The Kier molecular flexibility index (Phi) is 4.60. The molecule has 2 aromatic heterocycles. The van der Waals surface area contributed by atoms with Crippen molar-refractivity contribution in [2.24, 2.45) is 4.99 Å². The fourth-order valence-electron chi connectivity index (χ4n) is 5.25. The van der Waals surface area contributed by atoms with Gasteiger partial charge < -0.3 is 20.4 Å². The van der Waals surface area contributed by atoms with Gasteiger partial charge >= 0.3 is 0 Å². The maximum Gasteiger partial charge on any atom is 0.230 e. The average molecular weight is 417 g/mol. The molecule has 0 unspecified atom stereocenters. The average Bonchev–Trinajstić information content (AvgIpc) is 3.19. The minimum Gasteiger partial charge on any atom is -0.368 e. The summed E-state index contributed by atoms with van der Waals surface area (Å²) in [4.78, 5) is 23.7. The summed E-state index contributed by atoms with van der Waals surface area (Å²) in [7, 11) is 0. The van der Waals surface area contributed by atoms with Crippen LogP contribution in [0.1, 0.15) is 37.7 Å². The number of aliphatic imine (C=N–C) groups is 1. The number of amidine groups is 1. The second-order valence-electron chi connectivity index (χ2n) is 8.86. The van der Waals surface area contributed by atoms with Crippen LogP contribution >= 0.6 is 0 Å². The molecule has 5 heterocycles. The van der Waals surface area contributed by atoms with Gasteiger partial charge in [-0.25, -0.2) is 9.97 Å². The van der Waals surface area contributed by atoms with E-state index < -0.39 is 0 Å². The molecule has 0 bridgehead atoms. The number of hydrogen-bond donors (Lipinski definition) is 2. The van der Waals surface area contributed by atoms with Crippen LogP contribution in [0.5, 0.6) is 0 Å². The highest BCUT2D eigenvalue weighted by Crippen LogP contribution is 2.43. The Hall–Kier alpha value is -3.00. The molecule has 2 aromatic rings. The fraction of sp³-hybridized carbons (Fsp3) is 0.478. The van der Waals surface area contributed by atoms with Crippen molar-refractivity contribution in [1.29, 1.82) is 0 Å². The highest BCUT2D eigenvalue weighted by atomic mass is 15.4.